The third-order valence-corrected chi connectivity index (χ3v) is 6.48. The van der Waals surface area contributed by atoms with Crippen molar-refractivity contribution in [2.45, 2.75) is 65.2 Å². The molecule has 5 atom stereocenters. The van der Waals surface area contributed by atoms with Crippen LogP contribution < -0.4 is 5.73 Å². The van der Waals surface area contributed by atoms with Gasteiger partial charge in [-0.15, -0.1) is 0 Å². The van der Waals surface area contributed by atoms with Crippen molar-refractivity contribution in [1.82, 2.24) is 4.98 Å². The third-order valence-electron chi connectivity index (χ3n) is 6.48. The Morgan fingerprint density at radius 3 is 2.57 bits per heavy atom. The molecule has 2 aliphatic carbocycles. The van der Waals surface area contributed by atoms with Crippen LogP contribution in [-0.4, -0.2) is 17.1 Å². The smallest absolute Gasteiger partial charge is 0.115 e. The molecule has 2 bridgehead atoms. The van der Waals surface area contributed by atoms with Gasteiger partial charge in [0.05, 0.1) is 11.8 Å². The molecule has 2 aliphatic rings. The highest BCUT2D eigenvalue weighted by Gasteiger charge is 2.62. The molecule has 5 unspecified atom stereocenters. The minimum Gasteiger partial charge on any atom is -0.366 e. The van der Waals surface area contributed by atoms with E-state index in [0.717, 1.165) is 11.6 Å². The summed E-state index contributed by atoms with van der Waals surface area (Å²) in [7, 11) is 0. The molecule has 1 heterocycles. The molecule has 0 radical (unpaired) electrons. The highest BCUT2D eigenvalue weighted by Crippen LogP contribution is 2.66. The number of aromatic nitrogens is 1. The van der Waals surface area contributed by atoms with Crippen molar-refractivity contribution in [3.8, 4) is 0 Å². The van der Waals surface area contributed by atoms with Crippen LogP contribution in [0.15, 0.2) is 24.4 Å². The molecule has 3 nitrogen and oxygen atoms in total. The van der Waals surface area contributed by atoms with Crippen LogP contribution in [0.4, 0.5) is 0 Å². The van der Waals surface area contributed by atoms with E-state index < -0.39 is 0 Å². The molecule has 2 N–H and O–H groups in total. The van der Waals surface area contributed by atoms with Gasteiger partial charge in [0.25, 0.3) is 0 Å². The van der Waals surface area contributed by atoms with Crippen LogP contribution in [0.1, 0.15) is 58.8 Å². The second-order valence-corrected chi connectivity index (χ2v) is 7.77. The Labute approximate surface area is 128 Å². The predicted octanol–water partition coefficient (Wildman–Crippen LogP) is 3.70. The second-order valence-electron chi connectivity index (χ2n) is 7.77. The summed E-state index contributed by atoms with van der Waals surface area (Å²) >= 11 is 0. The number of pyridine rings is 1. The summed E-state index contributed by atoms with van der Waals surface area (Å²) in [5.74, 6) is 0.782. The fourth-order valence-electron chi connectivity index (χ4n) is 4.52. The highest BCUT2D eigenvalue weighted by molar-refractivity contribution is 5.13. The van der Waals surface area contributed by atoms with Gasteiger partial charge < -0.3 is 10.5 Å². The standard InChI is InChI=1S/C18H28N2O/c1-12(19)16(14-7-5-6-10-20-14)21-15-11-13-8-9-18(15,4)17(13,2)3/h5-7,10,12-13,15-16H,8-9,11,19H2,1-4H3. The van der Waals surface area contributed by atoms with Crippen molar-refractivity contribution < 1.29 is 4.74 Å². The van der Waals surface area contributed by atoms with E-state index in [2.05, 4.69) is 25.8 Å². The maximum Gasteiger partial charge on any atom is 0.115 e. The van der Waals surface area contributed by atoms with Gasteiger partial charge in [0.1, 0.15) is 6.10 Å². The second kappa shape index (κ2) is 5.06. The summed E-state index contributed by atoms with van der Waals surface area (Å²) in [4.78, 5) is 4.46. The zero-order valence-electron chi connectivity index (χ0n) is 13.7. The predicted molar refractivity (Wildman–Crippen MR) is 84.7 cm³/mol. The summed E-state index contributed by atoms with van der Waals surface area (Å²) < 4.78 is 6.54. The lowest BCUT2D eigenvalue weighted by atomic mass is 9.70. The van der Waals surface area contributed by atoms with Gasteiger partial charge in [-0.05, 0) is 55.1 Å². The molecule has 0 aromatic carbocycles. The van der Waals surface area contributed by atoms with Crippen LogP contribution in [0.5, 0.6) is 0 Å². The lowest BCUT2D eigenvalue weighted by Gasteiger charge is -2.40. The Morgan fingerprint density at radius 1 is 1.33 bits per heavy atom. The summed E-state index contributed by atoms with van der Waals surface area (Å²) in [6, 6.07) is 5.91. The first kappa shape index (κ1) is 15.0. The van der Waals surface area contributed by atoms with Crippen molar-refractivity contribution >= 4 is 0 Å². The van der Waals surface area contributed by atoms with Crippen LogP contribution in [0.3, 0.4) is 0 Å². The summed E-state index contributed by atoms with van der Waals surface area (Å²) in [5.41, 5.74) is 7.77. The van der Waals surface area contributed by atoms with Gasteiger partial charge in [-0.2, -0.15) is 0 Å². The fraction of sp³-hybridized carbons (Fsp3) is 0.722. The Balaban J connectivity index is 1.83. The van der Waals surface area contributed by atoms with E-state index in [9.17, 15) is 0 Å². The number of nitrogens with zero attached hydrogens (tertiary/aromatic N) is 1. The van der Waals surface area contributed by atoms with Crippen LogP contribution in [-0.2, 0) is 4.74 Å². The quantitative estimate of drug-likeness (QED) is 0.919. The number of ether oxygens (including phenoxy) is 1. The zero-order chi connectivity index (χ0) is 15.3. The van der Waals surface area contributed by atoms with E-state index in [4.69, 9.17) is 10.5 Å². The van der Waals surface area contributed by atoms with Crippen molar-refractivity contribution in [2.24, 2.45) is 22.5 Å². The maximum absolute atomic E-state index is 6.54. The van der Waals surface area contributed by atoms with Gasteiger partial charge in [-0.1, -0.05) is 26.8 Å². The molecule has 0 saturated heterocycles. The zero-order valence-corrected chi connectivity index (χ0v) is 13.7. The number of rotatable bonds is 4. The topological polar surface area (TPSA) is 48.1 Å². The molecular weight excluding hydrogens is 260 g/mol. The third kappa shape index (κ3) is 2.22. The average Bonchev–Trinajstić information content (AvgIpc) is 2.78. The first-order chi connectivity index (χ1) is 9.86. The van der Waals surface area contributed by atoms with Crippen LogP contribution in [0.25, 0.3) is 0 Å². The Hall–Kier alpha value is -0.930. The van der Waals surface area contributed by atoms with Gasteiger partial charge in [-0.25, -0.2) is 0 Å². The van der Waals surface area contributed by atoms with Gasteiger partial charge in [0.2, 0.25) is 0 Å². The minimum atomic E-state index is -0.108. The van der Waals surface area contributed by atoms with Gasteiger partial charge >= 0.3 is 0 Å². The van der Waals surface area contributed by atoms with Crippen molar-refractivity contribution in [2.75, 3.05) is 0 Å². The number of fused-ring (bicyclic) bond motifs is 2. The molecular formula is C18H28N2O. The number of nitrogens with two attached hydrogens (primary N) is 1. The number of hydrogen-bond acceptors (Lipinski definition) is 3. The van der Waals surface area contributed by atoms with E-state index in [1.165, 1.54) is 19.3 Å². The van der Waals surface area contributed by atoms with E-state index in [1.807, 2.05) is 31.3 Å². The van der Waals surface area contributed by atoms with E-state index in [1.54, 1.807) is 0 Å². The molecule has 1 aromatic heterocycles. The Bertz CT molecular complexity index is 499. The average molecular weight is 288 g/mol. The van der Waals surface area contributed by atoms with E-state index in [0.29, 0.717) is 11.5 Å². The van der Waals surface area contributed by atoms with E-state index >= 15 is 0 Å². The molecule has 2 saturated carbocycles. The van der Waals surface area contributed by atoms with Gasteiger partial charge in [-0.3, -0.25) is 4.98 Å². The molecule has 0 amide bonds. The normalized spacial score (nSPS) is 36.6. The van der Waals surface area contributed by atoms with E-state index in [-0.39, 0.29) is 17.6 Å². The van der Waals surface area contributed by atoms with Crippen molar-refractivity contribution in [1.29, 1.82) is 0 Å². The summed E-state index contributed by atoms with van der Waals surface area (Å²) in [5, 5.41) is 0. The monoisotopic (exact) mass is 288 g/mol. The molecule has 2 fully saturated rings. The Kier molecular flexibility index (Phi) is 3.61. The number of hydrogen-bond donors (Lipinski definition) is 1. The molecule has 1 aromatic rings. The fourth-order valence-corrected chi connectivity index (χ4v) is 4.52. The molecule has 21 heavy (non-hydrogen) atoms. The summed E-state index contributed by atoms with van der Waals surface area (Å²) in [6.07, 6.45) is 5.78. The van der Waals surface area contributed by atoms with Crippen LogP contribution in [0.2, 0.25) is 0 Å². The highest BCUT2D eigenvalue weighted by atomic mass is 16.5. The van der Waals surface area contributed by atoms with Gasteiger partial charge in [0, 0.05) is 12.2 Å². The molecule has 3 heteroatoms. The minimum absolute atomic E-state index is 0.0502. The molecule has 0 aliphatic heterocycles. The summed E-state index contributed by atoms with van der Waals surface area (Å²) in [6.45, 7) is 9.24. The Morgan fingerprint density at radius 2 is 2.10 bits per heavy atom. The lowest BCUT2D eigenvalue weighted by Crippen LogP contribution is -2.40. The SMILES string of the molecule is CC(N)C(OC1CC2CCC1(C)C2(C)C)c1ccccn1. The maximum atomic E-state index is 6.54. The van der Waals surface area contributed by atoms with Gasteiger partial charge in [0.15, 0.2) is 0 Å². The largest absolute Gasteiger partial charge is 0.366 e. The molecule has 0 spiro atoms. The first-order valence-corrected chi connectivity index (χ1v) is 8.18. The first-order valence-electron chi connectivity index (χ1n) is 8.18. The van der Waals surface area contributed by atoms with Crippen LogP contribution in [0, 0.1) is 16.7 Å². The molecule has 3 rings (SSSR count). The van der Waals surface area contributed by atoms with Crippen molar-refractivity contribution in [3.63, 3.8) is 0 Å². The van der Waals surface area contributed by atoms with Crippen LogP contribution >= 0.6 is 0 Å². The van der Waals surface area contributed by atoms with Crippen molar-refractivity contribution in [3.05, 3.63) is 30.1 Å². The molecule has 116 valence electrons. The lowest BCUT2D eigenvalue weighted by molar-refractivity contribution is -0.0956.